The Balaban J connectivity index is 1.34. The standard InChI is InChI=1S/C20H20N8O/c1-13-9-14(2)28(27-13)19-10-18(24-12-25-19)21-7-8-22-20(29)17-11-23-15-5-3-4-6-16(15)26-17/h3-6,9-12H,7-8H2,1-2H3,(H,22,29)(H,21,24,25). The van der Waals surface area contributed by atoms with Crippen LogP contribution in [0.4, 0.5) is 5.82 Å². The number of hydrogen-bond donors (Lipinski definition) is 2. The van der Waals surface area contributed by atoms with Crippen LogP contribution in [0, 0.1) is 13.8 Å². The molecule has 0 saturated carbocycles. The number of nitrogens with zero attached hydrogens (tertiary/aromatic N) is 6. The fourth-order valence-electron chi connectivity index (χ4n) is 2.94. The van der Waals surface area contributed by atoms with Gasteiger partial charge in [0.05, 0.1) is 22.9 Å². The van der Waals surface area contributed by atoms with Crippen LogP contribution in [0.3, 0.4) is 0 Å². The van der Waals surface area contributed by atoms with Crippen LogP contribution in [0.2, 0.25) is 0 Å². The third kappa shape index (κ3) is 4.18. The number of nitrogens with one attached hydrogen (secondary N) is 2. The molecule has 9 heteroatoms. The molecule has 0 fully saturated rings. The van der Waals surface area contributed by atoms with E-state index in [0.29, 0.717) is 30.2 Å². The summed E-state index contributed by atoms with van der Waals surface area (Å²) >= 11 is 0. The Morgan fingerprint density at radius 1 is 1.03 bits per heavy atom. The van der Waals surface area contributed by atoms with E-state index in [1.54, 1.807) is 4.68 Å². The summed E-state index contributed by atoms with van der Waals surface area (Å²) in [6.07, 6.45) is 2.97. The normalized spacial score (nSPS) is 10.8. The Hall–Kier alpha value is -3.88. The van der Waals surface area contributed by atoms with Crippen molar-refractivity contribution in [3.63, 3.8) is 0 Å². The quantitative estimate of drug-likeness (QED) is 0.486. The molecule has 4 aromatic rings. The number of rotatable bonds is 6. The van der Waals surface area contributed by atoms with Crippen molar-refractivity contribution in [1.29, 1.82) is 0 Å². The summed E-state index contributed by atoms with van der Waals surface area (Å²) in [7, 11) is 0. The summed E-state index contributed by atoms with van der Waals surface area (Å²) < 4.78 is 1.77. The minimum absolute atomic E-state index is 0.268. The van der Waals surface area contributed by atoms with Crippen LogP contribution in [0.15, 0.2) is 48.9 Å². The predicted octanol–water partition coefficient (Wildman–Crippen LogP) is 2.06. The average Bonchev–Trinajstić information content (AvgIpc) is 3.09. The van der Waals surface area contributed by atoms with Crippen LogP contribution >= 0.6 is 0 Å². The lowest BCUT2D eigenvalue weighted by atomic mass is 10.3. The number of carbonyl (C=O) groups excluding carboxylic acids is 1. The molecular weight excluding hydrogens is 368 g/mol. The Morgan fingerprint density at radius 3 is 2.66 bits per heavy atom. The van der Waals surface area contributed by atoms with Crippen LogP contribution in [0.1, 0.15) is 21.9 Å². The first-order chi connectivity index (χ1) is 14.1. The van der Waals surface area contributed by atoms with E-state index >= 15 is 0 Å². The minimum Gasteiger partial charge on any atom is -0.368 e. The van der Waals surface area contributed by atoms with Gasteiger partial charge in [-0.3, -0.25) is 9.78 Å². The number of aromatic nitrogens is 6. The number of amides is 1. The molecule has 4 rings (SSSR count). The van der Waals surface area contributed by atoms with Crippen molar-refractivity contribution in [3.05, 3.63) is 66.0 Å². The van der Waals surface area contributed by atoms with E-state index < -0.39 is 0 Å². The van der Waals surface area contributed by atoms with Gasteiger partial charge in [0, 0.05) is 24.8 Å². The van der Waals surface area contributed by atoms with Crippen LogP contribution in [0.5, 0.6) is 0 Å². The highest BCUT2D eigenvalue weighted by Crippen LogP contribution is 2.12. The summed E-state index contributed by atoms with van der Waals surface area (Å²) in [6.45, 7) is 4.82. The average molecular weight is 388 g/mol. The number of anilines is 1. The molecule has 0 aliphatic rings. The number of para-hydroxylation sites is 2. The minimum atomic E-state index is -0.268. The molecule has 146 valence electrons. The maximum absolute atomic E-state index is 12.3. The number of hydrogen-bond acceptors (Lipinski definition) is 7. The number of aryl methyl sites for hydroxylation is 2. The van der Waals surface area contributed by atoms with Crippen molar-refractivity contribution < 1.29 is 4.79 Å². The molecular formula is C20H20N8O. The van der Waals surface area contributed by atoms with Gasteiger partial charge in [-0.05, 0) is 32.0 Å². The fourth-order valence-corrected chi connectivity index (χ4v) is 2.94. The van der Waals surface area contributed by atoms with E-state index in [1.165, 1.54) is 12.5 Å². The first-order valence-electron chi connectivity index (χ1n) is 9.20. The van der Waals surface area contributed by atoms with E-state index in [2.05, 4.69) is 35.7 Å². The van der Waals surface area contributed by atoms with E-state index in [0.717, 1.165) is 16.9 Å². The molecule has 3 aromatic heterocycles. The number of fused-ring (bicyclic) bond motifs is 1. The lowest BCUT2D eigenvalue weighted by Crippen LogP contribution is -2.29. The van der Waals surface area contributed by atoms with Crippen molar-refractivity contribution in [1.82, 2.24) is 35.0 Å². The van der Waals surface area contributed by atoms with Gasteiger partial charge in [-0.25, -0.2) is 19.6 Å². The topological polar surface area (TPSA) is 111 Å². The van der Waals surface area contributed by atoms with Crippen molar-refractivity contribution in [2.45, 2.75) is 13.8 Å². The van der Waals surface area contributed by atoms with Gasteiger partial charge in [-0.15, -0.1) is 0 Å². The molecule has 1 amide bonds. The lowest BCUT2D eigenvalue weighted by Gasteiger charge is -2.09. The Kier molecular flexibility index (Phi) is 5.10. The molecule has 0 aliphatic heterocycles. The first-order valence-corrected chi connectivity index (χ1v) is 9.20. The van der Waals surface area contributed by atoms with E-state index in [1.807, 2.05) is 50.2 Å². The van der Waals surface area contributed by atoms with Crippen LogP contribution in [-0.4, -0.2) is 48.7 Å². The highest BCUT2D eigenvalue weighted by molar-refractivity contribution is 5.93. The maximum Gasteiger partial charge on any atom is 0.271 e. The smallest absolute Gasteiger partial charge is 0.271 e. The molecule has 2 N–H and O–H groups in total. The molecule has 0 saturated heterocycles. The summed E-state index contributed by atoms with van der Waals surface area (Å²) in [6, 6.07) is 11.2. The number of carbonyl (C=O) groups is 1. The summed E-state index contributed by atoms with van der Waals surface area (Å²) in [4.78, 5) is 29.4. The van der Waals surface area contributed by atoms with Gasteiger partial charge in [0.1, 0.15) is 17.8 Å². The highest BCUT2D eigenvalue weighted by Gasteiger charge is 2.09. The Bertz CT molecular complexity index is 1170. The first kappa shape index (κ1) is 18.5. The van der Waals surface area contributed by atoms with Crippen LogP contribution in [-0.2, 0) is 0 Å². The molecule has 0 radical (unpaired) electrons. The van der Waals surface area contributed by atoms with Gasteiger partial charge in [-0.2, -0.15) is 5.10 Å². The molecule has 0 spiro atoms. The molecule has 0 bridgehead atoms. The Morgan fingerprint density at radius 2 is 1.86 bits per heavy atom. The predicted molar refractivity (Wildman–Crippen MR) is 109 cm³/mol. The van der Waals surface area contributed by atoms with Crippen molar-refractivity contribution in [2.75, 3.05) is 18.4 Å². The Labute approximate surface area is 167 Å². The molecule has 1 aromatic carbocycles. The zero-order valence-corrected chi connectivity index (χ0v) is 16.1. The van der Waals surface area contributed by atoms with E-state index in [9.17, 15) is 4.79 Å². The maximum atomic E-state index is 12.3. The molecule has 0 aliphatic carbocycles. The molecule has 0 atom stereocenters. The summed E-state index contributed by atoms with van der Waals surface area (Å²) in [5.41, 5.74) is 3.66. The van der Waals surface area contributed by atoms with Crippen molar-refractivity contribution >= 4 is 22.8 Å². The molecule has 0 unspecified atom stereocenters. The van der Waals surface area contributed by atoms with E-state index in [-0.39, 0.29) is 11.6 Å². The third-order valence-corrected chi connectivity index (χ3v) is 4.28. The fraction of sp³-hybridized carbons (Fsp3) is 0.200. The largest absolute Gasteiger partial charge is 0.368 e. The van der Waals surface area contributed by atoms with Gasteiger partial charge in [0.25, 0.3) is 5.91 Å². The van der Waals surface area contributed by atoms with Gasteiger partial charge in [-0.1, -0.05) is 12.1 Å². The third-order valence-electron chi connectivity index (χ3n) is 4.28. The zero-order valence-electron chi connectivity index (χ0n) is 16.1. The zero-order chi connectivity index (χ0) is 20.2. The van der Waals surface area contributed by atoms with Crippen molar-refractivity contribution in [3.8, 4) is 5.82 Å². The molecule has 9 nitrogen and oxygen atoms in total. The summed E-state index contributed by atoms with van der Waals surface area (Å²) in [5.74, 6) is 1.07. The van der Waals surface area contributed by atoms with Gasteiger partial charge in [0.2, 0.25) is 0 Å². The van der Waals surface area contributed by atoms with Crippen LogP contribution in [0.25, 0.3) is 16.9 Å². The highest BCUT2D eigenvalue weighted by atomic mass is 16.1. The molecule has 3 heterocycles. The van der Waals surface area contributed by atoms with Gasteiger partial charge >= 0.3 is 0 Å². The summed E-state index contributed by atoms with van der Waals surface area (Å²) in [5, 5.41) is 10.4. The monoisotopic (exact) mass is 388 g/mol. The second-order valence-electron chi connectivity index (χ2n) is 6.53. The molecule has 29 heavy (non-hydrogen) atoms. The lowest BCUT2D eigenvalue weighted by molar-refractivity contribution is 0.0950. The second kappa shape index (κ2) is 8.01. The van der Waals surface area contributed by atoms with Crippen LogP contribution < -0.4 is 10.6 Å². The van der Waals surface area contributed by atoms with Crippen molar-refractivity contribution in [2.24, 2.45) is 0 Å². The number of benzene rings is 1. The van der Waals surface area contributed by atoms with Gasteiger partial charge < -0.3 is 10.6 Å². The SMILES string of the molecule is Cc1cc(C)n(-c2cc(NCCNC(=O)c3cnc4ccccc4n3)ncn2)n1. The van der Waals surface area contributed by atoms with E-state index in [4.69, 9.17) is 0 Å². The second-order valence-corrected chi connectivity index (χ2v) is 6.53. The van der Waals surface area contributed by atoms with Gasteiger partial charge in [0.15, 0.2) is 5.82 Å².